The lowest BCUT2D eigenvalue weighted by atomic mass is 10.1. The largest absolute Gasteiger partial charge is 0.598 e. The van der Waals surface area contributed by atoms with Crippen LogP contribution in [0, 0.1) is 5.21 Å². The molecule has 0 saturated heterocycles. The summed E-state index contributed by atoms with van der Waals surface area (Å²) < 4.78 is -0.818. The van der Waals surface area contributed by atoms with E-state index in [2.05, 4.69) is 15.1 Å². The van der Waals surface area contributed by atoms with Crippen LogP contribution in [0.4, 0.5) is 0 Å². The fourth-order valence-electron chi connectivity index (χ4n) is 1.50. The summed E-state index contributed by atoms with van der Waals surface area (Å²) in [7, 11) is 1.67. The normalized spacial score (nSPS) is 24.0. The maximum absolute atomic E-state index is 12.0. The highest BCUT2D eigenvalue weighted by molar-refractivity contribution is 6.02. The topological polar surface area (TPSA) is 60.1 Å². The van der Waals surface area contributed by atoms with Crippen molar-refractivity contribution in [3.63, 3.8) is 0 Å². The van der Waals surface area contributed by atoms with Crippen LogP contribution in [-0.2, 0) is 0 Å². The van der Waals surface area contributed by atoms with Crippen molar-refractivity contribution in [2.45, 2.75) is 0 Å². The molecule has 0 aromatic heterocycles. The van der Waals surface area contributed by atoms with Gasteiger partial charge in [-0.25, -0.2) is 0 Å². The van der Waals surface area contributed by atoms with Gasteiger partial charge in [0.05, 0.1) is 5.71 Å². The van der Waals surface area contributed by atoms with Crippen molar-refractivity contribution in [1.29, 1.82) is 0 Å². The Bertz CT molecular complexity index is 438. The van der Waals surface area contributed by atoms with Gasteiger partial charge in [-0.15, -0.1) is 0 Å². The Balaban J connectivity index is 2.20. The molecule has 0 bridgehead atoms. The van der Waals surface area contributed by atoms with Crippen LogP contribution in [0.1, 0.15) is 5.56 Å². The summed E-state index contributed by atoms with van der Waals surface area (Å²) in [5.74, 6) is 0. The smallest absolute Gasteiger partial charge is 0.219 e. The Kier molecular flexibility index (Phi) is 2.89. The predicted octanol–water partition coefficient (Wildman–Crippen LogP) is 1.41. The van der Waals surface area contributed by atoms with Crippen LogP contribution >= 0.6 is 0 Å². The van der Waals surface area contributed by atoms with Crippen LogP contribution in [0.3, 0.4) is 0 Å². The van der Waals surface area contributed by atoms with Crippen LogP contribution in [0.5, 0.6) is 0 Å². The van der Waals surface area contributed by atoms with Crippen LogP contribution in [0.25, 0.3) is 0 Å². The fraction of sp³-hybridized carbons (Fsp3) is 0.182. The number of quaternary nitrogens is 1. The molecular formula is C11H12N4O. The third-order valence-electron chi connectivity index (χ3n) is 2.31. The van der Waals surface area contributed by atoms with E-state index in [1.54, 1.807) is 7.05 Å². The first-order chi connectivity index (χ1) is 7.73. The quantitative estimate of drug-likeness (QED) is 0.428. The van der Waals surface area contributed by atoms with E-state index in [0.717, 1.165) is 11.3 Å². The van der Waals surface area contributed by atoms with Crippen molar-refractivity contribution in [1.82, 2.24) is 0 Å². The maximum atomic E-state index is 12.0. The first-order valence-corrected chi connectivity index (χ1v) is 4.92. The summed E-state index contributed by atoms with van der Waals surface area (Å²) >= 11 is 0. The molecular weight excluding hydrogens is 204 g/mol. The Morgan fingerprint density at radius 3 is 2.69 bits per heavy atom. The lowest BCUT2D eigenvalue weighted by Gasteiger charge is -2.27. The van der Waals surface area contributed by atoms with Gasteiger partial charge < -0.3 is 5.21 Å². The van der Waals surface area contributed by atoms with Crippen molar-refractivity contribution in [2.24, 2.45) is 15.1 Å². The van der Waals surface area contributed by atoms with Gasteiger partial charge in [-0.05, 0) is 0 Å². The minimum Gasteiger partial charge on any atom is -0.598 e. The van der Waals surface area contributed by atoms with E-state index in [0.29, 0.717) is 0 Å². The highest BCUT2D eigenvalue weighted by atomic mass is 16.6. The molecule has 2 rings (SSSR count). The third kappa shape index (κ3) is 2.21. The number of hydroxylamine groups is 2. The van der Waals surface area contributed by atoms with Gasteiger partial charge in [-0.1, -0.05) is 35.4 Å². The van der Waals surface area contributed by atoms with E-state index in [-0.39, 0.29) is 6.54 Å². The molecule has 0 spiro atoms. The summed E-state index contributed by atoms with van der Waals surface area (Å²) in [6.07, 6.45) is 2.53. The molecule has 5 heteroatoms. The van der Waals surface area contributed by atoms with Crippen molar-refractivity contribution in [3.8, 4) is 0 Å². The zero-order valence-electron chi connectivity index (χ0n) is 8.95. The van der Waals surface area contributed by atoms with Crippen LogP contribution in [0.15, 0.2) is 45.4 Å². The van der Waals surface area contributed by atoms with Crippen molar-refractivity contribution < 1.29 is 4.76 Å². The fourth-order valence-corrected chi connectivity index (χ4v) is 1.50. The van der Waals surface area contributed by atoms with Gasteiger partial charge >= 0.3 is 0 Å². The molecule has 0 saturated carbocycles. The highest BCUT2D eigenvalue weighted by Gasteiger charge is 2.20. The van der Waals surface area contributed by atoms with Gasteiger partial charge in [0.15, 0.2) is 12.9 Å². The predicted molar refractivity (Wildman–Crippen MR) is 64.4 cm³/mol. The first-order valence-electron chi connectivity index (χ1n) is 4.92. The van der Waals surface area contributed by atoms with E-state index in [1.807, 2.05) is 30.3 Å². The summed E-state index contributed by atoms with van der Waals surface area (Å²) in [6.45, 7) is 0.167. The van der Waals surface area contributed by atoms with Gasteiger partial charge in [0.25, 0.3) is 0 Å². The second kappa shape index (κ2) is 4.34. The molecule has 0 radical (unpaired) electrons. The first kappa shape index (κ1) is 10.7. The minimum atomic E-state index is -0.818. The van der Waals surface area contributed by atoms with E-state index in [1.165, 1.54) is 12.7 Å². The molecule has 1 unspecified atom stereocenters. The van der Waals surface area contributed by atoms with E-state index in [4.69, 9.17) is 0 Å². The van der Waals surface area contributed by atoms with Gasteiger partial charge in [-0.3, -0.25) is 4.99 Å². The molecule has 1 aromatic carbocycles. The molecule has 0 N–H and O–H groups in total. The van der Waals surface area contributed by atoms with Crippen molar-refractivity contribution in [3.05, 3.63) is 41.1 Å². The molecule has 1 aliphatic rings. The Labute approximate surface area is 93.6 Å². The number of rotatable bonds is 3. The van der Waals surface area contributed by atoms with Crippen LogP contribution in [0.2, 0.25) is 0 Å². The summed E-state index contributed by atoms with van der Waals surface area (Å²) in [4.78, 5) is 7.84. The summed E-state index contributed by atoms with van der Waals surface area (Å²) in [5, 5.41) is 15.7. The molecule has 82 valence electrons. The molecule has 16 heavy (non-hydrogen) atoms. The zero-order chi connectivity index (χ0) is 11.4. The molecule has 0 amide bonds. The summed E-state index contributed by atoms with van der Waals surface area (Å²) in [5.41, 5.74) is 1.66. The van der Waals surface area contributed by atoms with Gasteiger partial charge in [-0.2, -0.15) is 9.75 Å². The highest BCUT2D eigenvalue weighted by Crippen LogP contribution is 2.10. The van der Waals surface area contributed by atoms with Gasteiger partial charge in [0, 0.05) is 12.6 Å². The van der Waals surface area contributed by atoms with E-state index in [9.17, 15) is 5.21 Å². The average molecular weight is 216 g/mol. The van der Waals surface area contributed by atoms with E-state index < -0.39 is 4.76 Å². The SMILES string of the molecule is CN=C(C[N+]1([O-])C=NC=N1)c1ccccc1. The molecule has 1 aromatic rings. The second-order valence-electron chi connectivity index (χ2n) is 3.45. The molecule has 1 aliphatic heterocycles. The third-order valence-corrected chi connectivity index (χ3v) is 2.31. The average Bonchev–Trinajstić information content (AvgIpc) is 2.74. The van der Waals surface area contributed by atoms with Crippen molar-refractivity contribution in [2.75, 3.05) is 13.6 Å². The van der Waals surface area contributed by atoms with Gasteiger partial charge in [0.1, 0.15) is 0 Å². The Morgan fingerprint density at radius 1 is 1.38 bits per heavy atom. The van der Waals surface area contributed by atoms with Crippen LogP contribution in [-0.4, -0.2) is 36.7 Å². The molecule has 5 nitrogen and oxygen atoms in total. The van der Waals surface area contributed by atoms with Crippen molar-refractivity contribution >= 4 is 18.4 Å². The number of benzene rings is 1. The number of hydrogen-bond acceptors (Lipinski definition) is 4. The number of hydrogen-bond donors (Lipinski definition) is 0. The Morgan fingerprint density at radius 2 is 2.12 bits per heavy atom. The molecule has 1 atom stereocenters. The second-order valence-corrected chi connectivity index (χ2v) is 3.45. The van der Waals surface area contributed by atoms with Crippen LogP contribution < -0.4 is 0 Å². The zero-order valence-corrected chi connectivity index (χ0v) is 8.95. The lowest BCUT2D eigenvalue weighted by Crippen LogP contribution is -2.38. The Hall–Kier alpha value is -1.85. The summed E-state index contributed by atoms with van der Waals surface area (Å²) in [6, 6.07) is 9.60. The number of nitrogens with zero attached hydrogens (tertiary/aromatic N) is 4. The standard InChI is InChI=1S/C11H12N4O/c1-12-11(10-5-3-2-4-6-10)7-15(16)9-13-8-14-15/h2-6,8-9H,7H2,1H3. The van der Waals surface area contributed by atoms with E-state index >= 15 is 0 Å². The molecule has 0 aliphatic carbocycles. The molecule has 0 fully saturated rings. The van der Waals surface area contributed by atoms with Gasteiger partial charge in [0.2, 0.25) is 6.34 Å². The lowest BCUT2D eigenvalue weighted by molar-refractivity contribution is -0.775. The number of aliphatic imine (C=N–C) groups is 2. The minimum absolute atomic E-state index is 0.167. The molecule has 1 heterocycles. The monoisotopic (exact) mass is 216 g/mol. The maximum Gasteiger partial charge on any atom is 0.219 e.